The fraction of sp³-hybridized carbons (Fsp3) is 0.0690. The van der Waals surface area contributed by atoms with Crippen LogP contribution in [0.15, 0.2) is 215 Å². The van der Waals surface area contributed by atoms with Crippen LogP contribution < -0.4 is 22.1 Å². The first-order valence-corrected chi connectivity index (χ1v) is 26.9. The van der Waals surface area contributed by atoms with Gasteiger partial charge < -0.3 is 27.3 Å². The number of oxime groups is 1. The molecule has 0 radical (unpaired) electrons. The molecule has 0 aliphatic rings. The van der Waals surface area contributed by atoms with Gasteiger partial charge in [0.1, 0.15) is 44.2 Å². The van der Waals surface area contributed by atoms with Crippen molar-refractivity contribution in [2.45, 2.75) is 24.7 Å². The van der Waals surface area contributed by atoms with Gasteiger partial charge in [0.05, 0.1) is 75.0 Å². The number of pyridine rings is 3. The van der Waals surface area contributed by atoms with Crippen molar-refractivity contribution in [1.29, 1.82) is 10.5 Å². The number of halogens is 15. The lowest BCUT2D eigenvalue weighted by Crippen LogP contribution is -2.14. The number of nitrogens with one attached hydrogen (secondary N) is 3. The van der Waals surface area contributed by atoms with Crippen LogP contribution >= 0.6 is 31.9 Å². The summed E-state index contributed by atoms with van der Waals surface area (Å²) >= 11 is 6.33. The Kier molecular flexibility index (Phi) is 24.2. The summed E-state index contributed by atoms with van der Waals surface area (Å²) in [5, 5.41) is 53.3. The van der Waals surface area contributed by atoms with E-state index in [9.17, 15) is 57.1 Å². The van der Waals surface area contributed by atoms with Gasteiger partial charge in [-0.2, -0.15) is 83.6 Å². The Morgan fingerprint density at radius 1 is 0.500 bits per heavy atom. The van der Waals surface area contributed by atoms with Crippen LogP contribution in [0.4, 0.5) is 85.8 Å². The summed E-state index contributed by atoms with van der Waals surface area (Å²) in [5.41, 5.74) is 12.2. The lowest BCUT2D eigenvalue weighted by Gasteiger charge is -2.07. The average molecular weight is 1410 g/mol. The maximum Gasteiger partial charge on any atom is 0.416 e. The Bertz CT molecular complexity index is 4170. The molecule has 0 spiro atoms. The molecule has 4 aromatic carbocycles. The molecule has 0 saturated carbocycles. The van der Waals surface area contributed by atoms with E-state index in [-0.39, 0.29) is 5.84 Å². The second-order valence-electron chi connectivity index (χ2n) is 17.7. The molecule has 0 unspecified atom stereocenters. The first-order valence-electron chi connectivity index (χ1n) is 25.3. The van der Waals surface area contributed by atoms with Gasteiger partial charge in [-0.3, -0.25) is 10.1 Å². The van der Waals surface area contributed by atoms with E-state index in [2.05, 4.69) is 88.1 Å². The van der Waals surface area contributed by atoms with Crippen molar-refractivity contribution in [3.05, 3.63) is 255 Å². The number of hydrogen-bond donors (Lipinski definition) is 6. The summed E-state index contributed by atoms with van der Waals surface area (Å²) in [7, 11) is 0. The van der Waals surface area contributed by atoms with Crippen LogP contribution in [0, 0.1) is 28.5 Å². The lowest BCUT2D eigenvalue weighted by molar-refractivity contribution is -0.138. The van der Waals surface area contributed by atoms with Crippen LogP contribution in [0.1, 0.15) is 39.3 Å². The summed E-state index contributed by atoms with van der Waals surface area (Å²) in [6.07, 6.45) is -6.41. The number of nitrogen functional groups attached to an aromatic ring is 1. The first-order chi connectivity index (χ1) is 43.5. The highest BCUT2D eigenvalue weighted by atomic mass is 79.9. The second-order valence-corrected chi connectivity index (χ2v) is 19.4. The van der Waals surface area contributed by atoms with E-state index < -0.39 is 52.8 Å². The van der Waals surface area contributed by atoms with Crippen molar-refractivity contribution in [2.75, 3.05) is 16.4 Å². The van der Waals surface area contributed by atoms with Gasteiger partial charge in [-0.05, 0) is 177 Å². The van der Waals surface area contributed by atoms with E-state index in [1.807, 2.05) is 18.2 Å². The zero-order valence-corrected chi connectivity index (χ0v) is 49.3. The summed E-state index contributed by atoms with van der Waals surface area (Å²) in [5.74, 6) is 0.200. The summed E-state index contributed by atoms with van der Waals surface area (Å²) < 4.78 is 166. The molecule has 7 heterocycles. The zero-order chi connectivity index (χ0) is 67.2. The van der Waals surface area contributed by atoms with Gasteiger partial charge in [-0.25, -0.2) is 28.4 Å². The topological polar surface area (TPSA) is 277 Å². The monoisotopic (exact) mass is 1410 g/mol. The Morgan fingerprint density at radius 3 is 1.20 bits per heavy atom. The van der Waals surface area contributed by atoms with Crippen LogP contribution in [0.25, 0.3) is 17.1 Å². The number of benzene rings is 4. The average Bonchev–Trinajstić information content (AvgIpc) is 1.69. The smallest absolute Gasteiger partial charge is 0.409 e. The van der Waals surface area contributed by atoms with Gasteiger partial charge in [0.15, 0.2) is 17.5 Å². The third kappa shape index (κ3) is 22.2. The van der Waals surface area contributed by atoms with Gasteiger partial charge in [-0.15, -0.1) is 0 Å². The Morgan fingerprint density at radius 2 is 0.891 bits per heavy atom. The number of nitrogens with zero attached hydrogens (tertiary/aromatic N) is 13. The minimum atomic E-state index is -4.38. The number of aromatic amines is 1. The minimum absolute atomic E-state index is 0.108. The molecule has 0 aliphatic heterocycles. The Labute approximate surface area is 528 Å². The number of amidine groups is 1. The van der Waals surface area contributed by atoms with Crippen molar-refractivity contribution in [2.24, 2.45) is 10.9 Å². The number of hydrogen-bond acceptors (Lipinski definition) is 14. The third-order valence-corrected chi connectivity index (χ3v) is 12.1. The van der Waals surface area contributed by atoms with Crippen LogP contribution in [0.5, 0.6) is 0 Å². The van der Waals surface area contributed by atoms with E-state index in [0.717, 1.165) is 53.1 Å². The van der Waals surface area contributed by atoms with E-state index in [1.54, 1.807) is 79.4 Å². The molecule has 0 aliphatic carbocycles. The number of nitrogens with two attached hydrogens (primary N) is 2. The Hall–Kier alpha value is -11.1. The van der Waals surface area contributed by atoms with Crippen LogP contribution in [0.2, 0.25) is 0 Å². The fourth-order valence-corrected chi connectivity index (χ4v) is 7.28. The number of aromatic nitrogens is 11. The van der Waals surface area contributed by atoms with Gasteiger partial charge in [-0.1, -0.05) is 5.16 Å². The van der Waals surface area contributed by atoms with Crippen molar-refractivity contribution in [3.8, 4) is 29.2 Å². The predicted molar refractivity (Wildman–Crippen MR) is 317 cm³/mol. The molecule has 34 heteroatoms. The molecule has 19 nitrogen and oxygen atoms in total. The standard InChI is InChI=1S/C16H13F3N6O.C16H10F3N5.C10H6BrF3N2.C7H4F4.C6H5N3.C3H3BrN2/c17-16(18,19)10-1-4-12(5-2-10)25-8-7-14(23-25)22-11-3-6-13(21-9-11)15(20)24-26;17-16(18,19)11-1-5-14(6-2-11)24-8-7-15(23-24)22-13-4-3-12(9-20)21-10-13;11-9-5-6-16(15-9)8-3-1-7(2-4-8)10(12,13)14;8-6-3-1-5(2-4-6)7(9,10)11;7-3-6-2-1-5(8)4-9-6;4-3-1-2-5-6-3/h1-9,26H,(H2,20,24)(H,22,23);1-8,10H,(H,22,23);1-6H;1-4H;1-2,4H,8H2;1-2H,(H,5,6). The van der Waals surface area contributed by atoms with Gasteiger partial charge in [0.2, 0.25) is 0 Å². The molecule has 8 N–H and O–H groups in total. The largest absolute Gasteiger partial charge is 0.416 e. The van der Waals surface area contributed by atoms with Gasteiger partial charge in [0.25, 0.3) is 0 Å². The predicted octanol–water partition coefficient (Wildman–Crippen LogP) is 15.2. The molecule has 11 aromatic rings. The van der Waals surface area contributed by atoms with E-state index in [1.165, 1.54) is 69.0 Å². The maximum atomic E-state index is 12.6. The van der Waals surface area contributed by atoms with Crippen molar-refractivity contribution in [1.82, 2.24) is 54.5 Å². The maximum absolute atomic E-state index is 12.6. The third-order valence-electron chi connectivity index (χ3n) is 11.2. The number of alkyl halides is 12. The SMILES string of the molecule is Brc1ccn[nH]1.FC(F)(F)c1ccc(-n2ccc(Br)n2)cc1.Fc1ccc(C(F)(F)F)cc1.N#Cc1ccc(N)cn1.N#Cc1ccc(Nc2ccn(-c3ccc(C(F)(F)F)cc3)n2)cn1.N/C(=N\O)c1ccc(Nc2ccn(-c3ccc(C(F)(F)F)cc3)n2)cn1. The molecule has 11 rings (SSSR count). The number of rotatable bonds is 8. The number of nitriles is 2. The number of H-pyrrole nitrogens is 1. The van der Waals surface area contributed by atoms with Gasteiger partial charge in [0, 0.05) is 36.9 Å². The van der Waals surface area contributed by atoms with Crippen LogP contribution in [-0.4, -0.2) is 65.5 Å². The van der Waals surface area contributed by atoms with Gasteiger partial charge >= 0.3 is 24.7 Å². The minimum Gasteiger partial charge on any atom is -0.409 e. The highest BCUT2D eigenvalue weighted by Gasteiger charge is 2.32. The van der Waals surface area contributed by atoms with E-state index >= 15 is 0 Å². The summed E-state index contributed by atoms with van der Waals surface area (Å²) in [4.78, 5) is 11.7. The molecular formula is C58H41Br2F13N18O. The van der Waals surface area contributed by atoms with Crippen LogP contribution in [0.3, 0.4) is 0 Å². The first kappa shape index (κ1) is 70.0. The molecule has 0 bridgehead atoms. The lowest BCUT2D eigenvalue weighted by atomic mass is 10.2. The second kappa shape index (κ2) is 31.9. The molecule has 0 amide bonds. The van der Waals surface area contributed by atoms with E-state index in [4.69, 9.17) is 27.2 Å². The molecule has 474 valence electrons. The summed E-state index contributed by atoms with van der Waals surface area (Å²) in [6.45, 7) is 0. The van der Waals surface area contributed by atoms with Crippen molar-refractivity contribution < 1.29 is 62.3 Å². The van der Waals surface area contributed by atoms with E-state index in [0.29, 0.717) is 79.6 Å². The van der Waals surface area contributed by atoms with Crippen LogP contribution in [-0.2, 0) is 24.7 Å². The highest BCUT2D eigenvalue weighted by Crippen LogP contribution is 2.33. The molecule has 0 fully saturated rings. The molecule has 0 saturated heterocycles. The number of anilines is 5. The molecule has 0 atom stereocenters. The molecular weight excluding hydrogens is 1370 g/mol. The quantitative estimate of drug-likeness (QED) is 0.0271. The molecule has 7 aromatic heterocycles. The normalized spacial score (nSPS) is 11.2. The highest BCUT2D eigenvalue weighted by molar-refractivity contribution is 9.10. The molecule has 92 heavy (non-hydrogen) atoms. The zero-order valence-electron chi connectivity index (χ0n) is 46.1. The fourth-order valence-electron chi connectivity index (χ4n) is 6.77. The summed E-state index contributed by atoms with van der Waals surface area (Å²) in [6, 6.07) is 37.6. The Balaban J connectivity index is 0.000000186. The van der Waals surface area contributed by atoms with Crippen molar-refractivity contribution in [3.63, 3.8) is 0 Å². The van der Waals surface area contributed by atoms with Crippen molar-refractivity contribution >= 4 is 66.4 Å².